The van der Waals surface area contributed by atoms with Crippen LogP contribution in [0.1, 0.15) is 0 Å². The Kier molecular flexibility index (Phi) is 2.51. The molecule has 2 rings (SSSR count). The Balaban J connectivity index is 2.27. The molecule has 0 aliphatic carbocycles. The second-order valence-corrected chi connectivity index (χ2v) is 5.50. The largest absolute Gasteiger partial charge is 0.136 e. The highest BCUT2D eigenvalue weighted by Gasteiger charge is 2.12. The van der Waals surface area contributed by atoms with Crippen molar-refractivity contribution in [1.29, 1.82) is 0 Å². The molecule has 0 N–H and O–H groups in total. The highest BCUT2D eigenvalue weighted by Crippen LogP contribution is 2.45. The van der Waals surface area contributed by atoms with Crippen molar-refractivity contribution >= 4 is 46.5 Å². The molecular weight excluding hydrogens is 216 g/mol. The first-order chi connectivity index (χ1) is 5.40. The van der Waals surface area contributed by atoms with Crippen molar-refractivity contribution in [3.05, 3.63) is 21.8 Å². The molecule has 0 atom stereocenters. The van der Waals surface area contributed by atoms with Gasteiger partial charge in [-0.2, -0.15) is 0 Å². The fourth-order valence-electron chi connectivity index (χ4n) is 0.789. The molecule has 1 aromatic heterocycles. The van der Waals surface area contributed by atoms with Gasteiger partial charge in [0.1, 0.15) is 0 Å². The van der Waals surface area contributed by atoms with Gasteiger partial charge in [0.05, 0.1) is 10.1 Å². The van der Waals surface area contributed by atoms with Gasteiger partial charge in [0.15, 0.2) is 0 Å². The normalized spacial score (nSPS) is 15.9. The summed E-state index contributed by atoms with van der Waals surface area (Å²) < 4.78 is 1.39. The number of alkyl halides is 1. The summed E-state index contributed by atoms with van der Waals surface area (Å²) >= 11 is 11.1. The van der Waals surface area contributed by atoms with Crippen molar-refractivity contribution in [2.75, 3.05) is 5.88 Å². The van der Waals surface area contributed by atoms with E-state index in [1.807, 2.05) is 0 Å². The van der Waals surface area contributed by atoms with E-state index >= 15 is 0 Å². The molecule has 1 aliphatic rings. The lowest BCUT2D eigenvalue weighted by Crippen LogP contribution is -1.81. The maximum atomic E-state index is 5.71. The Bertz CT molecular complexity index is 290. The zero-order valence-corrected chi connectivity index (χ0v) is 8.75. The summed E-state index contributed by atoms with van der Waals surface area (Å²) in [6, 6.07) is 2.15. The van der Waals surface area contributed by atoms with E-state index in [1.165, 1.54) is 14.0 Å². The summed E-state index contributed by atoms with van der Waals surface area (Å²) in [5, 5.41) is 4.26. The minimum absolute atomic E-state index is 0.632. The summed E-state index contributed by atoms with van der Waals surface area (Å²) in [6.45, 7) is 0. The molecule has 0 radical (unpaired) electrons. The molecule has 2 heterocycles. The molecule has 0 amide bonds. The van der Waals surface area contributed by atoms with Crippen LogP contribution < -0.4 is 0 Å². The van der Waals surface area contributed by atoms with Crippen molar-refractivity contribution in [2.24, 2.45) is 0 Å². The van der Waals surface area contributed by atoms with Gasteiger partial charge < -0.3 is 0 Å². The van der Waals surface area contributed by atoms with Crippen molar-refractivity contribution in [1.82, 2.24) is 0 Å². The maximum Gasteiger partial charge on any atom is 0.0780 e. The average molecular weight is 221 g/mol. The van der Waals surface area contributed by atoms with E-state index in [0.29, 0.717) is 5.88 Å². The Labute approximate surface area is 83.0 Å². The number of fused-ring (bicyclic) bond motifs is 1. The van der Waals surface area contributed by atoms with Crippen LogP contribution in [0.25, 0.3) is 0 Å². The van der Waals surface area contributed by atoms with E-state index in [4.69, 9.17) is 11.6 Å². The summed E-state index contributed by atoms with van der Waals surface area (Å²) in [5.74, 6) is 0.632. The van der Waals surface area contributed by atoms with Crippen LogP contribution >= 0.6 is 46.5 Å². The third-order valence-corrected chi connectivity index (χ3v) is 5.32. The zero-order chi connectivity index (χ0) is 7.68. The highest BCUT2D eigenvalue weighted by molar-refractivity contribution is 8.09. The van der Waals surface area contributed by atoms with E-state index in [1.54, 1.807) is 34.9 Å². The third-order valence-electron chi connectivity index (χ3n) is 1.27. The van der Waals surface area contributed by atoms with Gasteiger partial charge in [0.25, 0.3) is 0 Å². The minimum atomic E-state index is 0.632. The van der Waals surface area contributed by atoms with Crippen molar-refractivity contribution in [3.8, 4) is 0 Å². The maximum absolute atomic E-state index is 5.71. The first-order valence-corrected chi connectivity index (χ1v) is 6.18. The molecule has 0 aromatic carbocycles. The molecule has 0 saturated carbocycles. The molecule has 4 heteroatoms. The van der Waals surface area contributed by atoms with E-state index in [9.17, 15) is 0 Å². The predicted octanol–water partition coefficient (Wildman–Crippen LogP) is 4.03. The highest BCUT2D eigenvalue weighted by atomic mass is 35.5. The molecule has 0 unspecified atom stereocenters. The van der Waals surface area contributed by atoms with Crippen molar-refractivity contribution in [3.63, 3.8) is 0 Å². The molecule has 0 saturated heterocycles. The topological polar surface area (TPSA) is 0 Å². The van der Waals surface area contributed by atoms with Crippen molar-refractivity contribution < 1.29 is 0 Å². The molecule has 0 nitrogen and oxygen atoms in total. The molecule has 1 aromatic rings. The molecule has 11 heavy (non-hydrogen) atoms. The van der Waals surface area contributed by atoms with Gasteiger partial charge in [-0.1, -0.05) is 23.5 Å². The number of hydrogen-bond donors (Lipinski definition) is 0. The standard InChI is InChI=1S/C7H5ClS3/c8-3-5-4-10-7-6(11-5)1-2-9-7/h1-2,4H,3H2. The summed E-state index contributed by atoms with van der Waals surface area (Å²) in [5.41, 5.74) is 0. The second-order valence-electron chi connectivity index (χ2n) is 2.01. The first-order valence-electron chi connectivity index (χ1n) is 3.07. The van der Waals surface area contributed by atoms with Crippen LogP contribution in [0.15, 0.2) is 30.9 Å². The summed E-state index contributed by atoms with van der Waals surface area (Å²) in [4.78, 5) is 2.61. The quantitative estimate of drug-likeness (QED) is 0.656. The molecule has 58 valence electrons. The summed E-state index contributed by atoms with van der Waals surface area (Å²) in [7, 11) is 0. The number of allylic oxidation sites excluding steroid dienone is 1. The van der Waals surface area contributed by atoms with Crippen LogP contribution in [0.5, 0.6) is 0 Å². The van der Waals surface area contributed by atoms with Gasteiger partial charge in [-0.25, -0.2) is 0 Å². The number of hydrogen-bond acceptors (Lipinski definition) is 3. The Morgan fingerprint density at radius 3 is 3.18 bits per heavy atom. The van der Waals surface area contributed by atoms with E-state index in [-0.39, 0.29) is 0 Å². The third kappa shape index (κ3) is 1.61. The minimum Gasteiger partial charge on any atom is -0.136 e. The molecule has 0 spiro atoms. The van der Waals surface area contributed by atoms with Gasteiger partial charge >= 0.3 is 0 Å². The second kappa shape index (κ2) is 3.44. The molecule has 1 aliphatic heterocycles. The monoisotopic (exact) mass is 220 g/mol. The van der Waals surface area contributed by atoms with Crippen LogP contribution in [0.2, 0.25) is 0 Å². The van der Waals surface area contributed by atoms with Gasteiger partial charge in [-0.15, -0.1) is 22.9 Å². The first kappa shape index (κ1) is 8.05. The van der Waals surface area contributed by atoms with Gasteiger partial charge in [-0.3, -0.25) is 0 Å². The van der Waals surface area contributed by atoms with Gasteiger partial charge in [0.2, 0.25) is 0 Å². The lowest BCUT2D eigenvalue weighted by atomic mass is 10.7. The molecular formula is C7H5ClS3. The number of thiophene rings is 1. The lowest BCUT2D eigenvalue weighted by Gasteiger charge is -2.08. The zero-order valence-electron chi connectivity index (χ0n) is 5.54. The Morgan fingerprint density at radius 1 is 1.45 bits per heavy atom. The van der Waals surface area contributed by atoms with Gasteiger partial charge in [0, 0.05) is 9.80 Å². The fraction of sp³-hybridized carbons (Fsp3) is 0.143. The van der Waals surface area contributed by atoms with Crippen LogP contribution in [0.3, 0.4) is 0 Å². The summed E-state index contributed by atoms with van der Waals surface area (Å²) in [6.07, 6.45) is 0. The van der Waals surface area contributed by atoms with Crippen molar-refractivity contribution in [2.45, 2.75) is 9.10 Å². The Hall–Kier alpha value is 0.430. The lowest BCUT2D eigenvalue weighted by molar-refractivity contribution is 1.40. The molecule has 0 fully saturated rings. The smallest absolute Gasteiger partial charge is 0.0780 e. The van der Waals surface area contributed by atoms with E-state index < -0.39 is 0 Å². The fourth-order valence-corrected chi connectivity index (χ4v) is 4.19. The number of rotatable bonds is 1. The van der Waals surface area contributed by atoms with E-state index in [2.05, 4.69) is 16.9 Å². The van der Waals surface area contributed by atoms with E-state index in [0.717, 1.165) is 0 Å². The number of halogens is 1. The van der Waals surface area contributed by atoms with Crippen LogP contribution in [-0.4, -0.2) is 5.88 Å². The van der Waals surface area contributed by atoms with Crippen LogP contribution in [-0.2, 0) is 0 Å². The SMILES string of the molecule is ClCC1=CSc2sccc2S1. The van der Waals surface area contributed by atoms with Crippen LogP contribution in [0, 0.1) is 0 Å². The average Bonchev–Trinajstić information content (AvgIpc) is 2.50. The molecule has 0 bridgehead atoms. The van der Waals surface area contributed by atoms with Crippen LogP contribution in [0.4, 0.5) is 0 Å². The predicted molar refractivity (Wildman–Crippen MR) is 54.8 cm³/mol. The Morgan fingerprint density at radius 2 is 2.36 bits per heavy atom. The van der Waals surface area contributed by atoms with Gasteiger partial charge in [-0.05, 0) is 16.9 Å². The number of thioether (sulfide) groups is 2.